The fourth-order valence-corrected chi connectivity index (χ4v) is 4.85. The van der Waals surface area contributed by atoms with Gasteiger partial charge in [-0.1, -0.05) is 0 Å². The number of ether oxygens (including phenoxy) is 2. The first kappa shape index (κ1) is 27.1. The first-order chi connectivity index (χ1) is 17.7. The molecule has 1 saturated heterocycles. The number of rotatable bonds is 10. The number of fused-ring (bicyclic) bond motifs is 1. The van der Waals surface area contributed by atoms with E-state index in [9.17, 15) is 22.7 Å². The summed E-state index contributed by atoms with van der Waals surface area (Å²) < 4.78 is 80.9. The quantitative estimate of drug-likeness (QED) is 0.271. The minimum Gasteiger partial charge on any atom is -0.497 e. The topological polar surface area (TPSA) is 54.8 Å². The van der Waals surface area contributed by atoms with Crippen molar-refractivity contribution in [3.05, 3.63) is 65.4 Å². The van der Waals surface area contributed by atoms with E-state index in [2.05, 4.69) is 4.98 Å². The monoisotopic (exact) mass is 524 g/mol. The van der Waals surface area contributed by atoms with Crippen LogP contribution in [0.25, 0.3) is 10.9 Å². The Kier molecular flexibility index (Phi) is 8.49. The lowest BCUT2D eigenvalue weighted by atomic mass is 9.74. The van der Waals surface area contributed by atoms with Crippen LogP contribution in [0.4, 0.5) is 22.0 Å². The van der Waals surface area contributed by atoms with Gasteiger partial charge in [0.15, 0.2) is 11.6 Å². The number of aromatic nitrogens is 1. The summed E-state index contributed by atoms with van der Waals surface area (Å²) in [5.74, 6) is -4.22. The maximum Gasteiger partial charge on any atom is 0.200 e. The number of aliphatic hydroxyl groups excluding tert-OH is 1. The third kappa shape index (κ3) is 6.13. The average Bonchev–Trinajstić information content (AvgIpc) is 2.90. The van der Waals surface area contributed by atoms with E-state index in [1.54, 1.807) is 18.2 Å². The normalized spacial score (nSPS) is 16.6. The number of halogens is 5. The largest absolute Gasteiger partial charge is 0.497 e. The van der Waals surface area contributed by atoms with Gasteiger partial charge in [0.1, 0.15) is 30.2 Å². The Morgan fingerprint density at radius 3 is 2.54 bits per heavy atom. The number of pyridine rings is 1. The Bertz CT molecular complexity index is 1230. The molecule has 3 aromatic rings. The van der Waals surface area contributed by atoms with Gasteiger partial charge >= 0.3 is 0 Å². The second-order valence-electron chi connectivity index (χ2n) is 9.46. The predicted molar refractivity (Wildman–Crippen MR) is 128 cm³/mol. The van der Waals surface area contributed by atoms with Crippen molar-refractivity contribution in [3.63, 3.8) is 0 Å². The summed E-state index contributed by atoms with van der Waals surface area (Å²) in [6.07, 6.45) is 0.966. The summed E-state index contributed by atoms with van der Waals surface area (Å²) in [5, 5.41) is 10.5. The number of aliphatic hydroxyl groups is 1. The first-order valence-corrected chi connectivity index (χ1v) is 12.1. The molecule has 10 heteroatoms. The minimum absolute atomic E-state index is 0.0242. The van der Waals surface area contributed by atoms with E-state index in [1.807, 2.05) is 4.90 Å². The smallest absolute Gasteiger partial charge is 0.200 e. The van der Waals surface area contributed by atoms with Crippen molar-refractivity contribution in [2.75, 3.05) is 40.0 Å². The molecule has 0 spiro atoms. The molecule has 0 radical (unpaired) electrons. The van der Waals surface area contributed by atoms with Crippen LogP contribution in [0, 0.1) is 28.7 Å². The highest BCUT2D eigenvalue weighted by molar-refractivity contribution is 5.84. The molecule has 2 heterocycles. The molecule has 4 rings (SSSR count). The molecule has 2 aromatic carbocycles. The Labute approximate surface area is 211 Å². The van der Waals surface area contributed by atoms with Gasteiger partial charge in [-0.25, -0.2) is 17.6 Å². The van der Waals surface area contributed by atoms with Gasteiger partial charge in [-0.15, -0.1) is 0 Å². The van der Waals surface area contributed by atoms with Crippen LogP contribution in [-0.4, -0.2) is 54.9 Å². The third-order valence-corrected chi connectivity index (χ3v) is 7.19. The van der Waals surface area contributed by atoms with Crippen LogP contribution < -0.4 is 9.47 Å². The van der Waals surface area contributed by atoms with Crippen LogP contribution in [0.5, 0.6) is 11.5 Å². The molecule has 200 valence electrons. The Hall–Kier alpha value is -2.98. The van der Waals surface area contributed by atoms with E-state index in [-0.39, 0.29) is 25.2 Å². The lowest BCUT2D eigenvalue weighted by Gasteiger charge is -2.41. The van der Waals surface area contributed by atoms with Crippen LogP contribution in [0.15, 0.2) is 36.5 Å². The van der Waals surface area contributed by atoms with Crippen LogP contribution >= 0.6 is 0 Å². The zero-order chi connectivity index (χ0) is 26.6. The molecule has 1 fully saturated rings. The number of nitrogens with zero attached hydrogens (tertiary/aromatic N) is 2. The summed E-state index contributed by atoms with van der Waals surface area (Å²) in [7, 11) is 1.48. The van der Waals surface area contributed by atoms with Crippen molar-refractivity contribution in [2.45, 2.75) is 31.9 Å². The van der Waals surface area contributed by atoms with E-state index in [1.165, 1.54) is 7.11 Å². The molecule has 0 saturated carbocycles. The third-order valence-electron chi connectivity index (χ3n) is 7.19. The Balaban J connectivity index is 1.33. The summed E-state index contributed by atoms with van der Waals surface area (Å²) in [6.45, 7) is 1.43. The molecule has 0 amide bonds. The maximum atomic E-state index is 15.4. The zero-order valence-corrected chi connectivity index (χ0v) is 20.5. The second kappa shape index (κ2) is 11.6. The summed E-state index contributed by atoms with van der Waals surface area (Å²) in [5.41, 5.74) is -0.114. The Morgan fingerprint density at radius 1 is 1.08 bits per heavy atom. The van der Waals surface area contributed by atoms with Crippen molar-refractivity contribution in [1.29, 1.82) is 0 Å². The highest BCUT2D eigenvalue weighted by Gasteiger charge is 2.35. The van der Waals surface area contributed by atoms with Crippen molar-refractivity contribution in [2.24, 2.45) is 5.41 Å². The molecule has 1 aliphatic rings. The summed E-state index contributed by atoms with van der Waals surface area (Å²) >= 11 is 0. The number of hydrogen-bond acceptors (Lipinski definition) is 5. The minimum atomic E-state index is -1.59. The van der Waals surface area contributed by atoms with Gasteiger partial charge in [0.05, 0.1) is 18.8 Å². The highest BCUT2D eigenvalue weighted by atomic mass is 19.2. The van der Waals surface area contributed by atoms with E-state index >= 15 is 4.39 Å². The lowest BCUT2D eigenvalue weighted by Crippen LogP contribution is -2.43. The fraction of sp³-hybridized carbons (Fsp3) is 0.444. The molecule has 37 heavy (non-hydrogen) atoms. The van der Waals surface area contributed by atoms with Gasteiger partial charge in [-0.2, -0.15) is 4.39 Å². The van der Waals surface area contributed by atoms with Crippen molar-refractivity contribution < 1.29 is 36.5 Å². The number of benzene rings is 2. The van der Waals surface area contributed by atoms with Gasteiger partial charge in [0.2, 0.25) is 5.82 Å². The fourth-order valence-electron chi connectivity index (χ4n) is 4.85. The highest BCUT2D eigenvalue weighted by Crippen LogP contribution is 2.40. The SMILES string of the molecule is COc1ccc2ncc(F)c([C@H](F)CCC3(CO)CCN(CCOc4cc(F)cc(F)c4F)CC3)c2c1. The van der Waals surface area contributed by atoms with Crippen molar-refractivity contribution in [3.8, 4) is 11.5 Å². The second-order valence-corrected chi connectivity index (χ2v) is 9.46. The molecular weight excluding hydrogens is 495 g/mol. The first-order valence-electron chi connectivity index (χ1n) is 12.1. The standard InChI is InChI=1S/C27H29F5N2O3/c1-36-18-2-3-23-19(14-18)25(22(31)15-33-23)20(29)4-5-27(16-35)6-8-34(9-7-27)10-11-37-24-13-17(28)12-21(30)26(24)32/h2-3,12-15,20,35H,4-11,16H2,1H3/t20-/m1/s1. The van der Waals surface area contributed by atoms with Crippen molar-refractivity contribution in [1.82, 2.24) is 9.88 Å². The maximum absolute atomic E-state index is 15.4. The van der Waals surface area contributed by atoms with Gasteiger partial charge in [-0.05, 0) is 62.4 Å². The van der Waals surface area contributed by atoms with E-state index in [0.717, 1.165) is 12.3 Å². The molecule has 1 N–H and O–H groups in total. The zero-order valence-electron chi connectivity index (χ0n) is 20.5. The van der Waals surface area contributed by atoms with Crippen LogP contribution in [-0.2, 0) is 0 Å². The Morgan fingerprint density at radius 2 is 1.84 bits per heavy atom. The molecule has 5 nitrogen and oxygen atoms in total. The van der Waals surface area contributed by atoms with Gasteiger partial charge in [-0.3, -0.25) is 9.88 Å². The lowest BCUT2D eigenvalue weighted by molar-refractivity contribution is 0.0263. The van der Waals surface area contributed by atoms with Crippen LogP contribution in [0.3, 0.4) is 0 Å². The molecule has 0 bridgehead atoms. The van der Waals surface area contributed by atoms with Gasteiger partial charge < -0.3 is 14.6 Å². The molecular formula is C27H29F5N2O3. The van der Waals surface area contributed by atoms with E-state index in [0.29, 0.717) is 61.6 Å². The predicted octanol–water partition coefficient (Wildman–Crippen LogP) is 5.74. The van der Waals surface area contributed by atoms with Gasteiger partial charge in [0.25, 0.3) is 0 Å². The number of piperidine rings is 1. The van der Waals surface area contributed by atoms with Gasteiger partial charge in [0, 0.05) is 36.2 Å². The summed E-state index contributed by atoms with van der Waals surface area (Å²) in [4.78, 5) is 6.06. The van der Waals surface area contributed by atoms with E-state index < -0.39 is 40.6 Å². The number of likely N-dealkylation sites (tertiary alicyclic amines) is 1. The van der Waals surface area contributed by atoms with E-state index in [4.69, 9.17) is 9.47 Å². The molecule has 0 aliphatic carbocycles. The number of methoxy groups -OCH3 is 1. The molecule has 0 unspecified atom stereocenters. The number of hydrogen-bond donors (Lipinski definition) is 1. The molecule has 1 atom stereocenters. The van der Waals surface area contributed by atoms with Crippen LogP contribution in [0.2, 0.25) is 0 Å². The number of alkyl halides is 1. The average molecular weight is 525 g/mol. The van der Waals surface area contributed by atoms with Crippen LogP contribution in [0.1, 0.15) is 37.4 Å². The molecule has 1 aromatic heterocycles. The molecule has 1 aliphatic heterocycles. The van der Waals surface area contributed by atoms with Crippen molar-refractivity contribution >= 4 is 10.9 Å². The summed E-state index contributed by atoms with van der Waals surface area (Å²) in [6, 6.07) is 6.14.